The van der Waals surface area contributed by atoms with E-state index in [1.807, 2.05) is 36.4 Å². The zero-order valence-electron chi connectivity index (χ0n) is 16.1. The van der Waals surface area contributed by atoms with E-state index in [1.54, 1.807) is 17.0 Å². The van der Waals surface area contributed by atoms with Crippen LogP contribution in [0, 0.1) is 5.92 Å². The SMILES string of the molecule is O=C(NCCCOc1ccccc1)C1CC(=O)N(c2ccc3c(c2)OCCO3)C1. The van der Waals surface area contributed by atoms with Crippen molar-refractivity contribution in [2.75, 3.05) is 37.8 Å². The molecule has 0 saturated carbocycles. The van der Waals surface area contributed by atoms with Gasteiger partial charge in [-0.15, -0.1) is 0 Å². The van der Waals surface area contributed by atoms with Crippen LogP contribution in [-0.2, 0) is 9.59 Å². The molecule has 7 nitrogen and oxygen atoms in total. The van der Waals surface area contributed by atoms with Gasteiger partial charge in [-0.05, 0) is 30.7 Å². The average Bonchev–Trinajstić information content (AvgIpc) is 3.15. The molecule has 0 bridgehead atoms. The van der Waals surface area contributed by atoms with Crippen LogP contribution in [0.15, 0.2) is 48.5 Å². The van der Waals surface area contributed by atoms with Crippen molar-refractivity contribution < 1.29 is 23.8 Å². The molecule has 2 amide bonds. The van der Waals surface area contributed by atoms with E-state index >= 15 is 0 Å². The Kier molecular flexibility index (Phi) is 5.84. The van der Waals surface area contributed by atoms with Crippen molar-refractivity contribution in [3.63, 3.8) is 0 Å². The number of para-hydroxylation sites is 1. The van der Waals surface area contributed by atoms with Crippen LogP contribution in [0.3, 0.4) is 0 Å². The van der Waals surface area contributed by atoms with E-state index in [4.69, 9.17) is 14.2 Å². The van der Waals surface area contributed by atoms with E-state index in [9.17, 15) is 9.59 Å². The second-order valence-electron chi connectivity index (χ2n) is 7.04. The Hall–Kier alpha value is -3.22. The summed E-state index contributed by atoms with van der Waals surface area (Å²) in [5, 5.41) is 2.91. The minimum atomic E-state index is -0.356. The minimum absolute atomic E-state index is 0.0609. The molecule has 4 rings (SSSR count). The van der Waals surface area contributed by atoms with Gasteiger partial charge in [-0.2, -0.15) is 0 Å². The normalized spacial score (nSPS) is 17.9. The lowest BCUT2D eigenvalue weighted by molar-refractivity contribution is -0.126. The van der Waals surface area contributed by atoms with Gasteiger partial charge in [-0.3, -0.25) is 9.59 Å². The fourth-order valence-corrected chi connectivity index (χ4v) is 3.47. The number of nitrogens with one attached hydrogen (secondary N) is 1. The molecule has 0 aromatic heterocycles. The van der Waals surface area contributed by atoms with Crippen molar-refractivity contribution in [3.8, 4) is 17.2 Å². The predicted octanol–water partition coefficient (Wildman–Crippen LogP) is 2.40. The first-order valence-corrected chi connectivity index (χ1v) is 9.86. The Morgan fingerprint density at radius 1 is 1.10 bits per heavy atom. The van der Waals surface area contributed by atoms with Gasteiger partial charge in [0, 0.05) is 31.3 Å². The highest BCUT2D eigenvalue weighted by Gasteiger charge is 2.35. The maximum Gasteiger partial charge on any atom is 0.227 e. The molecular formula is C22H24N2O5. The highest BCUT2D eigenvalue weighted by atomic mass is 16.6. The number of anilines is 1. The molecule has 2 aliphatic heterocycles. The first-order valence-electron chi connectivity index (χ1n) is 9.86. The second kappa shape index (κ2) is 8.86. The maximum atomic E-state index is 12.5. The Labute approximate surface area is 169 Å². The van der Waals surface area contributed by atoms with E-state index in [-0.39, 0.29) is 24.2 Å². The van der Waals surface area contributed by atoms with Gasteiger partial charge in [0.25, 0.3) is 0 Å². The Balaban J connectivity index is 1.25. The van der Waals surface area contributed by atoms with E-state index in [0.29, 0.717) is 50.8 Å². The van der Waals surface area contributed by atoms with Crippen LogP contribution >= 0.6 is 0 Å². The van der Waals surface area contributed by atoms with Crippen molar-refractivity contribution in [1.29, 1.82) is 0 Å². The number of carbonyl (C=O) groups is 2. The van der Waals surface area contributed by atoms with Crippen LogP contribution in [0.2, 0.25) is 0 Å². The molecule has 152 valence electrons. The first-order chi connectivity index (χ1) is 14.2. The van der Waals surface area contributed by atoms with Crippen LogP contribution in [-0.4, -0.2) is 44.7 Å². The van der Waals surface area contributed by atoms with Crippen LogP contribution in [0.5, 0.6) is 17.2 Å². The molecule has 0 spiro atoms. The molecule has 1 atom stereocenters. The van der Waals surface area contributed by atoms with E-state index < -0.39 is 0 Å². The topological polar surface area (TPSA) is 77.1 Å². The number of fused-ring (bicyclic) bond motifs is 1. The Morgan fingerprint density at radius 2 is 1.90 bits per heavy atom. The summed E-state index contributed by atoms with van der Waals surface area (Å²) in [6.07, 6.45) is 0.911. The lowest BCUT2D eigenvalue weighted by Gasteiger charge is -2.22. The first kappa shape index (κ1) is 19.1. The number of ether oxygens (including phenoxy) is 3. The molecule has 1 fully saturated rings. The lowest BCUT2D eigenvalue weighted by atomic mass is 10.1. The summed E-state index contributed by atoms with van der Waals surface area (Å²) in [5.74, 6) is 1.61. The van der Waals surface area contributed by atoms with Gasteiger partial charge in [-0.1, -0.05) is 18.2 Å². The third-order valence-corrected chi connectivity index (χ3v) is 4.97. The second-order valence-corrected chi connectivity index (χ2v) is 7.04. The largest absolute Gasteiger partial charge is 0.494 e. The standard InChI is InChI=1S/C22H24N2O5/c25-21-13-16(22(26)23-9-4-10-27-18-5-2-1-3-6-18)15-24(21)17-7-8-19-20(14-17)29-12-11-28-19/h1-3,5-8,14,16H,4,9-13,15H2,(H,23,26). The minimum Gasteiger partial charge on any atom is -0.494 e. The van der Waals surface area contributed by atoms with Gasteiger partial charge in [0.2, 0.25) is 11.8 Å². The van der Waals surface area contributed by atoms with Crippen molar-refractivity contribution in [3.05, 3.63) is 48.5 Å². The molecule has 2 aliphatic rings. The highest BCUT2D eigenvalue weighted by molar-refractivity contribution is 6.00. The lowest BCUT2D eigenvalue weighted by Crippen LogP contribution is -2.34. The highest BCUT2D eigenvalue weighted by Crippen LogP contribution is 2.35. The fourth-order valence-electron chi connectivity index (χ4n) is 3.47. The third kappa shape index (κ3) is 4.62. The summed E-state index contributed by atoms with van der Waals surface area (Å²) >= 11 is 0. The molecule has 2 aromatic rings. The van der Waals surface area contributed by atoms with Crippen LogP contribution in [0.1, 0.15) is 12.8 Å². The van der Waals surface area contributed by atoms with Crippen molar-refractivity contribution in [2.45, 2.75) is 12.8 Å². The van der Waals surface area contributed by atoms with Gasteiger partial charge in [-0.25, -0.2) is 0 Å². The van der Waals surface area contributed by atoms with Gasteiger partial charge < -0.3 is 24.4 Å². The molecule has 29 heavy (non-hydrogen) atoms. The number of amides is 2. The molecule has 2 heterocycles. The Morgan fingerprint density at radius 3 is 2.72 bits per heavy atom. The van der Waals surface area contributed by atoms with Crippen LogP contribution in [0.25, 0.3) is 0 Å². The summed E-state index contributed by atoms with van der Waals surface area (Å²) in [6.45, 7) is 2.42. The van der Waals surface area contributed by atoms with Crippen molar-refractivity contribution in [1.82, 2.24) is 5.32 Å². The number of nitrogens with zero attached hydrogens (tertiary/aromatic N) is 1. The van der Waals surface area contributed by atoms with E-state index in [0.717, 1.165) is 11.4 Å². The fraction of sp³-hybridized carbons (Fsp3) is 0.364. The molecule has 0 radical (unpaired) electrons. The van der Waals surface area contributed by atoms with Crippen LogP contribution in [0.4, 0.5) is 5.69 Å². The number of carbonyl (C=O) groups excluding carboxylic acids is 2. The number of rotatable bonds is 7. The molecule has 1 N–H and O–H groups in total. The zero-order valence-corrected chi connectivity index (χ0v) is 16.1. The molecule has 0 aliphatic carbocycles. The van der Waals surface area contributed by atoms with Crippen LogP contribution < -0.4 is 24.4 Å². The summed E-state index contributed by atoms with van der Waals surface area (Å²) in [5.41, 5.74) is 0.728. The van der Waals surface area contributed by atoms with E-state index in [2.05, 4.69) is 5.32 Å². The maximum absolute atomic E-state index is 12.5. The van der Waals surface area contributed by atoms with Gasteiger partial charge in [0.15, 0.2) is 11.5 Å². The molecule has 2 aromatic carbocycles. The quantitative estimate of drug-likeness (QED) is 0.728. The van der Waals surface area contributed by atoms with Crippen molar-refractivity contribution >= 4 is 17.5 Å². The summed E-state index contributed by atoms with van der Waals surface area (Å²) in [4.78, 5) is 26.5. The summed E-state index contributed by atoms with van der Waals surface area (Å²) in [6, 6.07) is 15.0. The third-order valence-electron chi connectivity index (χ3n) is 4.97. The smallest absolute Gasteiger partial charge is 0.227 e. The Bertz CT molecular complexity index is 871. The van der Waals surface area contributed by atoms with Gasteiger partial charge >= 0.3 is 0 Å². The molecule has 1 unspecified atom stereocenters. The van der Waals surface area contributed by atoms with Gasteiger partial charge in [0.1, 0.15) is 19.0 Å². The summed E-state index contributed by atoms with van der Waals surface area (Å²) < 4.78 is 16.7. The zero-order chi connectivity index (χ0) is 20.1. The number of hydrogen-bond donors (Lipinski definition) is 1. The number of hydrogen-bond acceptors (Lipinski definition) is 5. The predicted molar refractivity (Wildman–Crippen MR) is 107 cm³/mol. The molecular weight excluding hydrogens is 372 g/mol. The van der Waals surface area contributed by atoms with E-state index in [1.165, 1.54) is 0 Å². The average molecular weight is 396 g/mol. The monoisotopic (exact) mass is 396 g/mol. The number of benzene rings is 2. The van der Waals surface area contributed by atoms with Gasteiger partial charge in [0.05, 0.1) is 12.5 Å². The molecule has 7 heteroatoms. The van der Waals surface area contributed by atoms with Crippen molar-refractivity contribution in [2.24, 2.45) is 5.92 Å². The summed E-state index contributed by atoms with van der Waals surface area (Å²) in [7, 11) is 0. The molecule has 1 saturated heterocycles.